The smallest absolute Gasteiger partial charge is 0.205 e. The second-order valence-corrected chi connectivity index (χ2v) is 5.71. The van der Waals surface area contributed by atoms with Crippen LogP contribution in [0.2, 0.25) is 0 Å². The minimum atomic E-state index is -3.13. The average Bonchev–Trinajstić information content (AvgIpc) is 1.83. The topological polar surface area (TPSA) is 46.5 Å². The molecule has 0 spiro atoms. The molecule has 11 heavy (non-hydrogen) atoms. The van der Waals surface area contributed by atoms with Crippen LogP contribution in [0.4, 0.5) is 0 Å². The highest BCUT2D eigenvalue weighted by atomic mass is 32.2. The number of nitrogens with zero attached hydrogens (tertiary/aromatic N) is 1. The van der Waals surface area contributed by atoms with Crippen LogP contribution in [0.5, 0.6) is 0 Å². The number of sulfonamides is 1. The Hall–Kier alpha value is -0.0300. The number of hydrogen-bond donors (Lipinski definition) is 0. The van der Waals surface area contributed by atoms with Crippen LogP contribution in [0, 0.1) is 0 Å². The molecule has 0 bridgehead atoms. The quantitative estimate of drug-likeness (QED) is 0.630. The molecule has 0 fully saturated rings. The molecular weight excluding hydrogens is 182 g/mol. The second kappa shape index (κ2) is 3.15. The van der Waals surface area contributed by atoms with Gasteiger partial charge in [0.2, 0.25) is 0 Å². The van der Waals surface area contributed by atoms with Crippen LogP contribution in [0.1, 0.15) is 20.3 Å². The molecule has 0 N–H and O–H groups in total. The highest BCUT2D eigenvalue weighted by molar-refractivity contribution is 8.16. The third-order valence-corrected chi connectivity index (χ3v) is 4.29. The summed E-state index contributed by atoms with van der Waals surface area (Å²) in [6.07, 6.45) is 0.717. The molecule has 5 heteroatoms. The van der Waals surface area contributed by atoms with Crippen LogP contribution in [0.15, 0.2) is 4.40 Å². The van der Waals surface area contributed by atoms with Crippen LogP contribution in [0.3, 0.4) is 0 Å². The van der Waals surface area contributed by atoms with Crippen LogP contribution in [-0.4, -0.2) is 24.5 Å². The van der Waals surface area contributed by atoms with E-state index in [2.05, 4.69) is 4.40 Å². The Bertz CT molecular complexity index is 268. The molecule has 0 aromatic carbocycles. The van der Waals surface area contributed by atoms with Gasteiger partial charge >= 0.3 is 0 Å². The molecule has 1 aliphatic heterocycles. The van der Waals surface area contributed by atoms with Crippen molar-refractivity contribution in [3.8, 4) is 0 Å². The second-order valence-electron chi connectivity index (χ2n) is 2.52. The van der Waals surface area contributed by atoms with Crippen molar-refractivity contribution in [3.05, 3.63) is 0 Å². The zero-order valence-electron chi connectivity index (χ0n) is 6.57. The van der Waals surface area contributed by atoms with Crippen LogP contribution in [-0.2, 0) is 10.0 Å². The van der Waals surface area contributed by atoms with Gasteiger partial charge in [-0.3, -0.25) is 0 Å². The molecular formula is C6H11NO2S2. The normalized spacial score (nSPS) is 29.6. The number of thioether (sulfide) groups is 1. The van der Waals surface area contributed by atoms with E-state index in [0.29, 0.717) is 6.42 Å². The average molecular weight is 193 g/mol. The van der Waals surface area contributed by atoms with Gasteiger partial charge in [-0.15, -0.1) is 11.8 Å². The van der Waals surface area contributed by atoms with Gasteiger partial charge in [-0.1, -0.05) is 13.8 Å². The van der Waals surface area contributed by atoms with Crippen LogP contribution < -0.4 is 0 Å². The van der Waals surface area contributed by atoms with E-state index in [-0.39, 0.29) is 11.0 Å². The predicted octanol–water partition coefficient (Wildman–Crippen LogP) is 1.26. The summed E-state index contributed by atoms with van der Waals surface area (Å²) in [6, 6.07) is 0. The van der Waals surface area contributed by atoms with Crippen molar-refractivity contribution < 1.29 is 8.42 Å². The van der Waals surface area contributed by atoms with Gasteiger partial charge in [0.1, 0.15) is 0 Å². The molecule has 1 unspecified atom stereocenters. The number of rotatable bonds is 1. The van der Waals surface area contributed by atoms with Gasteiger partial charge in [-0.05, 0) is 6.42 Å². The molecule has 1 atom stereocenters. The van der Waals surface area contributed by atoms with Gasteiger partial charge in [0, 0.05) is 5.25 Å². The van der Waals surface area contributed by atoms with E-state index in [1.54, 1.807) is 11.8 Å². The Labute approximate surface area is 71.3 Å². The molecule has 1 aliphatic rings. The molecule has 0 aliphatic carbocycles. The van der Waals surface area contributed by atoms with E-state index in [9.17, 15) is 8.42 Å². The first kappa shape index (κ1) is 9.06. The highest BCUT2D eigenvalue weighted by Gasteiger charge is 2.22. The van der Waals surface area contributed by atoms with Gasteiger partial charge in [-0.2, -0.15) is 4.40 Å². The highest BCUT2D eigenvalue weighted by Crippen LogP contribution is 2.23. The largest absolute Gasteiger partial charge is 0.254 e. The lowest BCUT2D eigenvalue weighted by Crippen LogP contribution is -2.21. The lowest BCUT2D eigenvalue weighted by atomic mass is 10.5. The fraction of sp³-hybridized carbons (Fsp3) is 0.833. The van der Waals surface area contributed by atoms with Crippen molar-refractivity contribution in [2.45, 2.75) is 25.5 Å². The monoisotopic (exact) mass is 193 g/mol. The zero-order chi connectivity index (χ0) is 8.48. The summed E-state index contributed by atoms with van der Waals surface area (Å²) < 4.78 is 25.7. The molecule has 0 aromatic rings. The fourth-order valence-corrected chi connectivity index (χ4v) is 3.96. The Kier molecular flexibility index (Phi) is 2.59. The van der Waals surface area contributed by atoms with E-state index < -0.39 is 10.0 Å². The Balaban J connectivity index is 2.92. The summed E-state index contributed by atoms with van der Waals surface area (Å²) in [5.74, 6) is 0.182. The van der Waals surface area contributed by atoms with Crippen molar-refractivity contribution >= 4 is 26.8 Å². The summed E-state index contributed by atoms with van der Waals surface area (Å²) in [6.45, 7) is 3.83. The third kappa shape index (κ3) is 2.48. The van der Waals surface area contributed by atoms with Crippen molar-refractivity contribution in [2.24, 2.45) is 4.40 Å². The van der Waals surface area contributed by atoms with Gasteiger partial charge in [0.25, 0.3) is 10.0 Å². The number of hydrogen-bond acceptors (Lipinski definition) is 3. The summed E-state index contributed by atoms with van der Waals surface area (Å²) in [4.78, 5) is 0. The van der Waals surface area contributed by atoms with Gasteiger partial charge < -0.3 is 0 Å². The molecule has 0 saturated heterocycles. The van der Waals surface area contributed by atoms with Gasteiger partial charge in [0.05, 0.1) is 10.8 Å². The minimum Gasteiger partial charge on any atom is -0.205 e. The minimum absolute atomic E-state index is 0.160. The molecule has 0 saturated carbocycles. The lowest BCUT2D eigenvalue weighted by Gasteiger charge is -2.15. The summed E-state index contributed by atoms with van der Waals surface area (Å²) in [5, 5.41) is 0.899. The standard InChI is InChI=1S/C6H11NO2S2/c1-3-6-7-11(8,9)4-5(2)10-6/h5H,3-4H2,1-2H3. The summed E-state index contributed by atoms with van der Waals surface area (Å²) in [7, 11) is -3.13. The van der Waals surface area contributed by atoms with Crippen molar-refractivity contribution in [1.29, 1.82) is 0 Å². The SMILES string of the molecule is CCC1=NS(=O)(=O)CC(C)S1. The first-order chi connectivity index (χ1) is 5.03. The molecule has 64 valence electrons. The fourth-order valence-electron chi connectivity index (χ4n) is 0.925. The third-order valence-electron chi connectivity index (χ3n) is 1.33. The predicted molar refractivity (Wildman–Crippen MR) is 48.6 cm³/mol. The molecule has 0 radical (unpaired) electrons. The maximum Gasteiger partial charge on any atom is 0.254 e. The maximum absolute atomic E-state index is 11.0. The van der Waals surface area contributed by atoms with Gasteiger partial charge in [-0.25, -0.2) is 8.42 Å². The van der Waals surface area contributed by atoms with Crippen LogP contribution in [0.25, 0.3) is 0 Å². The first-order valence-electron chi connectivity index (χ1n) is 3.51. The van der Waals surface area contributed by atoms with E-state index in [1.807, 2.05) is 13.8 Å². The maximum atomic E-state index is 11.0. The summed E-state index contributed by atoms with van der Waals surface area (Å²) in [5.41, 5.74) is 0. The van der Waals surface area contributed by atoms with E-state index >= 15 is 0 Å². The van der Waals surface area contributed by atoms with E-state index in [4.69, 9.17) is 0 Å². The summed E-state index contributed by atoms with van der Waals surface area (Å²) >= 11 is 1.56. The van der Waals surface area contributed by atoms with E-state index in [0.717, 1.165) is 5.04 Å². The Morgan fingerprint density at radius 2 is 2.36 bits per heavy atom. The molecule has 1 heterocycles. The Morgan fingerprint density at radius 1 is 1.73 bits per heavy atom. The Morgan fingerprint density at radius 3 is 2.82 bits per heavy atom. The van der Waals surface area contributed by atoms with Crippen LogP contribution >= 0.6 is 11.8 Å². The van der Waals surface area contributed by atoms with Crippen molar-refractivity contribution in [3.63, 3.8) is 0 Å². The molecule has 0 amide bonds. The van der Waals surface area contributed by atoms with Crippen molar-refractivity contribution in [2.75, 3.05) is 5.75 Å². The molecule has 3 nitrogen and oxygen atoms in total. The molecule has 0 aromatic heterocycles. The lowest BCUT2D eigenvalue weighted by molar-refractivity contribution is 0.597. The van der Waals surface area contributed by atoms with Gasteiger partial charge in [0.15, 0.2) is 0 Å². The zero-order valence-corrected chi connectivity index (χ0v) is 8.20. The molecule has 1 rings (SSSR count). The first-order valence-corrected chi connectivity index (χ1v) is 6.00. The van der Waals surface area contributed by atoms with E-state index in [1.165, 1.54) is 0 Å². The van der Waals surface area contributed by atoms with Crippen molar-refractivity contribution in [1.82, 2.24) is 0 Å².